The molecular formula is C20H26F2N10O9P2S2. The first-order valence-corrected chi connectivity index (χ1v) is 19.2. The van der Waals surface area contributed by atoms with E-state index in [2.05, 4.69) is 54.4 Å². The molecule has 3 aliphatic rings. The van der Waals surface area contributed by atoms with E-state index in [-0.39, 0.29) is 34.1 Å². The van der Waals surface area contributed by atoms with Crippen LogP contribution < -0.4 is 17.0 Å². The molecule has 0 radical (unpaired) electrons. The Morgan fingerprint density at radius 2 is 1.49 bits per heavy atom. The molecule has 25 heteroatoms. The van der Waals surface area contributed by atoms with Crippen molar-refractivity contribution in [2.45, 2.75) is 49.2 Å². The van der Waals surface area contributed by atoms with Crippen LogP contribution in [0.15, 0.2) is 23.8 Å². The second-order valence-corrected chi connectivity index (χ2v) is 16.9. The van der Waals surface area contributed by atoms with E-state index in [1.54, 1.807) is 0 Å². The van der Waals surface area contributed by atoms with Gasteiger partial charge in [-0.1, -0.05) is 0 Å². The van der Waals surface area contributed by atoms with E-state index in [0.29, 0.717) is 0 Å². The van der Waals surface area contributed by atoms with E-state index in [4.69, 9.17) is 39.0 Å². The van der Waals surface area contributed by atoms with E-state index in [1.165, 1.54) is 21.8 Å². The van der Waals surface area contributed by atoms with E-state index in [1.807, 2.05) is 0 Å². The second-order valence-electron chi connectivity index (χ2n) is 10.3. The molecule has 3 fully saturated rings. The van der Waals surface area contributed by atoms with Gasteiger partial charge < -0.3 is 0 Å². The fourth-order valence-corrected chi connectivity index (χ4v) is 8.67. The topological polar surface area (TPSA) is 255 Å². The number of nitrogens with two attached hydrogens (primary N) is 2. The van der Waals surface area contributed by atoms with Gasteiger partial charge >= 0.3 is 261 Å². The number of rotatable bonds is 2. The van der Waals surface area contributed by atoms with Crippen LogP contribution in [0.4, 0.5) is 20.5 Å². The third-order valence-corrected chi connectivity index (χ3v) is 11.0. The third-order valence-electron chi connectivity index (χ3n) is 7.37. The number of nitrogens with one attached hydrogen (secondary N) is 1. The van der Waals surface area contributed by atoms with Gasteiger partial charge in [0.15, 0.2) is 0 Å². The van der Waals surface area contributed by atoms with Crippen molar-refractivity contribution in [3.05, 3.63) is 29.3 Å². The zero-order valence-electron chi connectivity index (χ0n) is 22.5. The molecule has 0 saturated carbocycles. The summed E-state index contributed by atoms with van der Waals surface area (Å²) in [5.74, 6) is -0.190. The zero-order chi connectivity index (χ0) is 31.8. The minimum absolute atomic E-state index is 0.0548. The van der Waals surface area contributed by atoms with Crippen LogP contribution in [0.5, 0.6) is 0 Å². The van der Waals surface area contributed by atoms with Crippen molar-refractivity contribution in [3.63, 3.8) is 0 Å². The van der Waals surface area contributed by atoms with Gasteiger partial charge in [0.05, 0.1) is 0 Å². The molecule has 0 amide bonds. The number of nitrogen functional groups attached to an aromatic ring is 2. The minimum atomic E-state index is -4.58. The summed E-state index contributed by atoms with van der Waals surface area (Å²) in [6, 6.07) is 0. The summed E-state index contributed by atoms with van der Waals surface area (Å²) < 4.78 is 68.4. The maximum atomic E-state index is 16.0. The van der Waals surface area contributed by atoms with Crippen LogP contribution in [0.1, 0.15) is 12.5 Å². The van der Waals surface area contributed by atoms with Crippen molar-refractivity contribution in [3.8, 4) is 0 Å². The van der Waals surface area contributed by atoms with Crippen LogP contribution >= 0.6 is 38.8 Å². The molecule has 7 heterocycles. The standard InChI is InChI=1S/C20H26F2N10O9P2S2/c21-8-6-1-36-42(34,44)40-12-7(39-18(9(12)22)31-4-27-10-14(23)25-3-26-15(10)31)2-37-43(35,45)41-13(8)19(38-6)32-5-28-11-16(32)29-20(24)30-17(11)33/h3-9,12-13,18-19,34-35,42-45H,1-2H2,(H2,23,25,26)(H3,24,29,30,33)/t6-,7?,8-,9+,12-,13?,18-,19-/m1/s1. The van der Waals surface area contributed by atoms with Gasteiger partial charge in [-0.25, -0.2) is 0 Å². The SMILES string of the molecule is Nc1nc2c(ncn2[C@@H]2O[C@@H]3CO[PH](O)(S)O[C@@H]4C(CO[PH](O)(S)OC2[C@@H]3F)O[C@@H](n2cnc3c(N)ncnc32)[C@H]4F)c(=O)[nH]1. The Kier molecular flexibility index (Phi) is 7.90. The Bertz CT molecular complexity index is 1820. The Labute approximate surface area is 261 Å². The van der Waals surface area contributed by atoms with Crippen LogP contribution in [0.25, 0.3) is 22.3 Å². The predicted molar refractivity (Wildman–Crippen MR) is 161 cm³/mol. The summed E-state index contributed by atoms with van der Waals surface area (Å²) in [6.07, 6.45) is -9.26. The molecule has 246 valence electrons. The number of imidazole rings is 2. The van der Waals surface area contributed by atoms with E-state index in [0.717, 1.165) is 6.33 Å². The van der Waals surface area contributed by atoms with Gasteiger partial charge in [0, 0.05) is 0 Å². The van der Waals surface area contributed by atoms with Gasteiger partial charge in [-0.15, -0.1) is 0 Å². The Morgan fingerprint density at radius 3 is 2.22 bits per heavy atom. The van der Waals surface area contributed by atoms with Crippen molar-refractivity contribution >= 4 is 72.9 Å². The maximum absolute atomic E-state index is 16.0. The molecule has 7 N–H and O–H groups in total. The van der Waals surface area contributed by atoms with Crippen molar-refractivity contribution < 1.29 is 46.1 Å². The molecule has 19 nitrogen and oxygen atoms in total. The molecule has 3 aliphatic heterocycles. The van der Waals surface area contributed by atoms with Crippen LogP contribution in [-0.4, -0.2) is 98.8 Å². The van der Waals surface area contributed by atoms with Crippen molar-refractivity contribution in [2.24, 2.45) is 0 Å². The van der Waals surface area contributed by atoms with Gasteiger partial charge in [-0.3, -0.25) is 0 Å². The first-order chi connectivity index (χ1) is 21.3. The number of aromatic nitrogens is 8. The molecule has 7 rings (SSSR count). The van der Waals surface area contributed by atoms with Crippen molar-refractivity contribution in [1.29, 1.82) is 0 Å². The Hall–Kier alpha value is -2.40. The first-order valence-electron chi connectivity index (χ1n) is 13.1. The molecule has 4 aromatic rings. The molecule has 2 bridgehead atoms. The van der Waals surface area contributed by atoms with Gasteiger partial charge in [0.1, 0.15) is 0 Å². The fourth-order valence-electron chi connectivity index (χ4n) is 5.36. The summed E-state index contributed by atoms with van der Waals surface area (Å²) in [7, 11) is -9.12. The number of alkyl halides is 2. The number of hydrogen-bond acceptors (Lipinski definition) is 18. The van der Waals surface area contributed by atoms with Gasteiger partial charge in [-0.05, 0) is 0 Å². The second kappa shape index (κ2) is 11.4. The number of thiol groups is 2. The average molecular weight is 715 g/mol. The van der Waals surface area contributed by atoms with Crippen molar-refractivity contribution in [1.82, 2.24) is 39.0 Å². The Morgan fingerprint density at radius 1 is 0.867 bits per heavy atom. The summed E-state index contributed by atoms with van der Waals surface area (Å²) in [5.41, 5.74) is 11.0. The molecular weight excluding hydrogens is 688 g/mol. The number of H-pyrrole nitrogens is 1. The summed E-state index contributed by atoms with van der Waals surface area (Å²) in [6.45, 7) is -1.25. The van der Waals surface area contributed by atoms with Gasteiger partial charge in [0.2, 0.25) is 0 Å². The van der Waals surface area contributed by atoms with Crippen LogP contribution in [-0.2, 0) is 27.6 Å². The predicted octanol–water partition coefficient (Wildman–Crippen LogP) is 0.0761. The number of hydrogen-bond donors (Lipinski definition) is 7. The molecule has 8 atom stereocenters. The van der Waals surface area contributed by atoms with E-state index >= 15 is 8.78 Å². The Balaban J connectivity index is 1.20. The number of anilines is 2. The first kappa shape index (κ1) is 31.2. The molecule has 3 saturated heterocycles. The zero-order valence-corrected chi connectivity index (χ0v) is 26.2. The number of halogens is 2. The quantitative estimate of drug-likeness (QED) is 0.107. The summed E-state index contributed by atoms with van der Waals surface area (Å²) in [5, 5.41) is 0. The monoisotopic (exact) mass is 714 g/mol. The third kappa shape index (κ3) is 5.63. The summed E-state index contributed by atoms with van der Waals surface area (Å²) in [4.78, 5) is 56.8. The molecule has 2 unspecified atom stereocenters. The van der Waals surface area contributed by atoms with Gasteiger partial charge in [0.25, 0.3) is 0 Å². The molecule has 0 spiro atoms. The van der Waals surface area contributed by atoms with Crippen LogP contribution in [0, 0.1) is 0 Å². The fraction of sp³-hybridized carbons (Fsp3) is 0.500. The summed E-state index contributed by atoms with van der Waals surface area (Å²) >= 11 is 8.24. The number of fused-ring (bicyclic) bond motifs is 5. The van der Waals surface area contributed by atoms with E-state index < -0.39 is 82.3 Å². The molecule has 4 aromatic heterocycles. The van der Waals surface area contributed by atoms with Crippen LogP contribution in [0.2, 0.25) is 0 Å². The van der Waals surface area contributed by atoms with Crippen LogP contribution in [0.3, 0.4) is 0 Å². The van der Waals surface area contributed by atoms with Crippen molar-refractivity contribution in [2.75, 3.05) is 24.7 Å². The number of aromatic amines is 1. The number of nitrogens with zero attached hydrogens (tertiary/aromatic N) is 7. The molecule has 0 aromatic carbocycles. The molecule has 0 aliphatic carbocycles. The normalized spacial score (nSPS) is 34.9. The van der Waals surface area contributed by atoms with Gasteiger partial charge in [-0.2, -0.15) is 0 Å². The molecule has 45 heavy (non-hydrogen) atoms. The average Bonchev–Trinajstić information content (AvgIpc) is 3.72. The van der Waals surface area contributed by atoms with E-state index in [9.17, 15) is 14.6 Å². The number of ether oxygens (including phenoxy) is 2.